The molecule has 172 valence electrons. The number of hydrogen-bond acceptors (Lipinski definition) is 6. The summed E-state index contributed by atoms with van der Waals surface area (Å²) in [6, 6.07) is 13.8. The van der Waals surface area contributed by atoms with E-state index in [1.165, 1.54) is 13.8 Å². The van der Waals surface area contributed by atoms with E-state index in [4.69, 9.17) is 30.5 Å². The van der Waals surface area contributed by atoms with Crippen LogP contribution in [0.4, 0.5) is 0 Å². The summed E-state index contributed by atoms with van der Waals surface area (Å²) in [7, 11) is 0. The van der Waals surface area contributed by atoms with Crippen LogP contribution in [0.3, 0.4) is 0 Å². The number of rotatable bonds is 8. The van der Waals surface area contributed by atoms with Crippen molar-refractivity contribution in [3.05, 3.63) is 64.2 Å². The van der Waals surface area contributed by atoms with Crippen molar-refractivity contribution in [2.45, 2.75) is 58.3 Å². The monoisotopic (exact) mass is 460 g/mol. The zero-order valence-electron chi connectivity index (χ0n) is 18.6. The number of carbonyl (C=O) groups is 2. The molecule has 0 spiro atoms. The van der Waals surface area contributed by atoms with Gasteiger partial charge in [-0.15, -0.1) is 0 Å². The minimum atomic E-state index is -0.371. The zero-order chi connectivity index (χ0) is 23.1. The second-order valence-corrected chi connectivity index (χ2v) is 8.26. The molecular formula is C25H29ClO6. The van der Waals surface area contributed by atoms with Gasteiger partial charge in [0.25, 0.3) is 0 Å². The minimum absolute atomic E-state index is 0.121. The summed E-state index contributed by atoms with van der Waals surface area (Å²) in [5.74, 6) is 0.125. The van der Waals surface area contributed by atoms with E-state index in [1.54, 1.807) is 0 Å². The summed E-state index contributed by atoms with van der Waals surface area (Å²) in [6.07, 6.45) is 0.709. The van der Waals surface area contributed by atoms with Gasteiger partial charge in [0.05, 0.1) is 18.8 Å². The third kappa shape index (κ3) is 6.97. The summed E-state index contributed by atoms with van der Waals surface area (Å²) < 4.78 is 22.3. The van der Waals surface area contributed by atoms with Crippen molar-refractivity contribution in [3.63, 3.8) is 0 Å². The largest absolute Gasteiger partial charge is 0.494 e. The van der Waals surface area contributed by atoms with Gasteiger partial charge >= 0.3 is 11.9 Å². The number of ether oxygens (including phenoxy) is 4. The van der Waals surface area contributed by atoms with Crippen LogP contribution >= 0.6 is 11.6 Å². The van der Waals surface area contributed by atoms with Gasteiger partial charge < -0.3 is 18.9 Å². The molecule has 0 aliphatic carbocycles. The van der Waals surface area contributed by atoms with E-state index in [1.807, 2.05) is 49.4 Å². The first-order valence-electron chi connectivity index (χ1n) is 10.8. The molecule has 0 unspecified atom stereocenters. The number of carbonyl (C=O) groups excluding carboxylic acids is 2. The number of esters is 2. The van der Waals surface area contributed by atoms with Crippen LogP contribution in [0.25, 0.3) is 0 Å². The Morgan fingerprint density at radius 1 is 1.06 bits per heavy atom. The van der Waals surface area contributed by atoms with E-state index in [9.17, 15) is 9.59 Å². The van der Waals surface area contributed by atoms with E-state index < -0.39 is 0 Å². The Bertz CT molecular complexity index is 927. The normalized spacial score (nSPS) is 20.4. The summed E-state index contributed by atoms with van der Waals surface area (Å²) in [5, 5.41) is 0.673. The standard InChI is InChI=1S/C25H29ClO6/c1-4-29-21-8-5-18(6-9-21)11-20-12-19(7-10-24(20)26)25-14-22(31-17(3)28)13-23(32-25)15-30-16(2)27/h5-10,12,22-23,25H,4,11,13-15H2,1-3H3/t22-,23-,25+/m0/s1. The molecule has 0 bridgehead atoms. The maximum absolute atomic E-state index is 11.5. The Kier molecular flexibility index (Phi) is 8.53. The fraction of sp³-hybridized carbons (Fsp3) is 0.440. The maximum Gasteiger partial charge on any atom is 0.302 e. The van der Waals surface area contributed by atoms with Crippen molar-refractivity contribution in [3.8, 4) is 5.75 Å². The maximum atomic E-state index is 11.5. The molecule has 32 heavy (non-hydrogen) atoms. The van der Waals surface area contributed by atoms with Crippen LogP contribution in [0.1, 0.15) is 56.4 Å². The minimum Gasteiger partial charge on any atom is -0.494 e. The van der Waals surface area contributed by atoms with Gasteiger partial charge in [-0.3, -0.25) is 9.59 Å². The summed E-state index contributed by atoms with van der Waals surface area (Å²) in [4.78, 5) is 22.7. The molecule has 1 saturated heterocycles. The molecule has 7 heteroatoms. The summed E-state index contributed by atoms with van der Waals surface area (Å²) >= 11 is 6.48. The highest BCUT2D eigenvalue weighted by Gasteiger charge is 2.33. The molecule has 1 aliphatic rings. The molecule has 1 aliphatic heterocycles. The lowest BCUT2D eigenvalue weighted by Crippen LogP contribution is -2.36. The van der Waals surface area contributed by atoms with Gasteiger partial charge in [0.15, 0.2) is 0 Å². The lowest BCUT2D eigenvalue weighted by Gasteiger charge is -2.35. The van der Waals surface area contributed by atoms with E-state index in [0.717, 1.165) is 22.4 Å². The SMILES string of the molecule is CCOc1ccc(Cc2cc([C@H]3C[C@@H](OC(C)=O)C[C@@H](COC(C)=O)O3)ccc2Cl)cc1. The average Bonchev–Trinajstić information content (AvgIpc) is 2.75. The molecule has 3 atom stereocenters. The molecule has 0 radical (unpaired) electrons. The lowest BCUT2D eigenvalue weighted by atomic mass is 9.94. The van der Waals surface area contributed by atoms with Crippen LogP contribution in [-0.2, 0) is 30.2 Å². The number of benzene rings is 2. The highest BCUT2D eigenvalue weighted by Crippen LogP contribution is 2.35. The molecule has 0 aromatic heterocycles. The molecule has 1 fully saturated rings. The van der Waals surface area contributed by atoms with Crippen molar-refractivity contribution in [2.24, 2.45) is 0 Å². The van der Waals surface area contributed by atoms with Crippen LogP contribution in [0.15, 0.2) is 42.5 Å². The quantitative estimate of drug-likeness (QED) is 0.514. The van der Waals surface area contributed by atoms with E-state index in [-0.39, 0.29) is 36.9 Å². The highest BCUT2D eigenvalue weighted by molar-refractivity contribution is 6.31. The van der Waals surface area contributed by atoms with Crippen molar-refractivity contribution in [2.75, 3.05) is 13.2 Å². The predicted molar refractivity (Wildman–Crippen MR) is 121 cm³/mol. The summed E-state index contributed by atoms with van der Waals surface area (Å²) in [5.41, 5.74) is 3.03. The second kappa shape index (κ2) is 11.3. The number of halogens is 1. The van der Waals surface area contributed by atoms with E-state index >= 15 is 0 Å². The van der Waals surface area contributed by atoms with Crippen LogP contribution < -0.4 is 4.74 Å². The summed E-state index contributed by atoms with van der Waals surface area (Å²) in [6.45, 7) is 5.45. The molecule has 2 aromatic carbocycles. The Hall–Kier alpha value is -2.57. The van der Waals surface area contributed by atoms with Crippen molar-refractivity contribution in [1.29, 1.82) is 0 Å². The molecular weight excluding hydrogens is 432 g/mol. The Labute approximate surface area is 193 Å². The van der Waals surface area contributed by atoms with Gasteiger partial charge in [-0.2, -0.15) is 0 Å². The van der Waals surface area contributed by atoms with Crippen LogP contribution in [0.5, 0.6) is 5.75 Å². The third-order valence-electron chi connectivity index (χ3n) is 5.24. The predicted octanol–water partition coefficient (Wildman–Crippen LogP) is 5.04. The van der Waals surface area contributed by atoms with Crippen LogP contribution in [0, 0.1) is 0 Å². The fourth-order valence-corrected chi connectivity index (χ4v) is 4.04. The highest BCUT2D eigenvalue weighted by atomic mass is 35.5. The average molecular weight is 461 g/mol. The van der Waals surface area contributed by atoms with Crippen molar-refractivity contribution >= 4 is 23.5 Å². The Morgan fingerprint density at radius 2 is 1.81 bits per heavy atom. The lowest BCUT2D eigenvalue weighted by molar-refractivity contribution is -0.169. The van der Waals surface area contributed by atoms with Gasteiger partial charge in [0.1, 0.15) is 18.5 Å². The second-order valence-electron chi connectivity index (χ2n) is 7.86. The molecule has 3 rings (SSSR count). The van der Waals surface area contributed by atoms with Crippen LogP contribution in [0.2, 0.25) is 5.02 Å². The zero-order valence-corrected chi connectivity index (χ0v) is 19.4. The first-order valence-corrected chi connectivity index (χ1v) is 11.2. The molecule has 6 nitrogen and oxygen atoms in total. The molecule has 2 aromatic rings. The van der Waals surface area contributed by atoms with Gasteiger partial charge in [0, 0.05) is 31.7 Å². The van der Waals surface area contributed by atoms with Crippen molar-refractivity contribution < 1.29 is 28.5 Å². The van der Waals surface area contributed by atoms with Gasteiger partial charge in [-0.1, -0.05) is 35.9 Å². The molecule has 0 N–H and O–H groups in total. The Balaban J connectivity index is 1.77. The number of hydrogen-bond donors (Lipinski definition) is 0. The topological polar surface area (TPSA) is 71.1 Å². The third-order valence-corrected chi connectivity index (χ3v) is 5.60. The van der Waals surface area contributed by atoms with Gasteiger partial charge in [-0.25, -0.2) is 0 Å². The smallest absolute Gasteiger partial charge is 0.302 e. The first kappa shape index (κ1) is 24.1. The van der Waals surface area contributed by atoms with Gasteiger partial charge in [0.2, 0.25) is 0 Å². The molecule has 0 amide bonds. The van der Waals surface area contributed by atoms with E-state index in [2.05, 4.69) is 0 Å². The van der Waals surface area contributed by atoms with Crippen LogP contribution in [-0.4, -0.2) is 37.4 Å². The molecule has 1 heterocycles. The molecule has 0 saturated carbocycles. The van der Waals surface area contributed by atoms with Gasteiger partial charge in [-0.05, 0) is 48.2 Å². The van der Waals surface area contributed by atoms with Crippen molar-refractivity contribution in [1.82, 2.24) is 0 Å². The first-order chi connectivity index (χ1) is 15.3. The Morgan fingerprint density at radius 3 is 2.47 bits per heavy atom. The van der Waals surface area contributed by atoms with E-state index in [0.29, 0.717) is 30.9 Å². The fourth-order valence-electron chi connectivity index (χ4n) is 3.86.